The highest BCUT2D eigenvalue weighted by molar-refractivity contribution is 5.19. The first-order chi connectivity index (χ1) is 8.04. The zero-order valence-corrected chi connectivity index (χ0v) is 9.34. The van der Waals surface area contributed by atoms with Gasteiger partial charge in [0.15, 0.2) is 17.5 Å². The molecular formula is C11H14F3NO2. The second-order valence-corrected chi connectivity index (χ2v) is 3.61. The van der Waals surface area contributed by atoms with Crippen molar-refractivity contribution in [2.45, 2.75) is 12.6 Å². The Morgan fingerprint density at radius 3 is 2.41 bits per heavy atom. The predicted molar refractivity (Wildman–Crippen MR) is 55.9 cm³/mol. The van der Waals surface area contributed by atoms with Crippen LogP contribution >= 0.6 is 0 Å². The van der Waals surface area contributed by atoms with E-state index in [2.05, 4.69) is 5.32 Å². The van der Waals surface area contributed by atoms with Gasteiger partial charge in [0.1, 0.15) is 0 Å². The monoisotopic (exact) mass is 249 g/mol. The van der Waals surface area contributed by atoms with Gasteiger partial charge in [-0.15, -0.1) is 0 Å². The van der Waals surface area contributed by atoms with Crippen molar-refractivity contribution in [2.24, 2.45) is 0 Å². The highest BCUT2D eigenvalue weighted by Gasteiger charge is 2.10. The van der Waals surface area contributed by atoms with Gasteiger partial charge >= 0.3 is 0 Å². The summed E-state index contributed by atoms with van der Waals surface area (Å²) in [6, 6.07) is 1.82. The molecule has 0 fully saturated rings. The summed E-state index contributed by atoms with van der Waals surface area (Å²) in [5.74, 6) is -3.92. The van der Waals surface area contributed by atoms with Crippen LogP contribution in [0.3, 0.4) is 0 Å². The van der Waals surface area contributed by atoms with Crippen molar-refractivity contribution in [2.75, 3.05) is 20.3 Å². The molecule has 1 aromatic carbocycles. The Bertz CT molecular complexity index is 351. The molecule has 0 spiro atoms. The number of aliphatic hydroxyl groups is 1. The summed E-state index contributed by atoms with van der Waals surface area (Å²) in [6.45, 7) is 0.516. The molecule has 0 saturated heterocycles. The predicted octanol–water partition coefficient (Wildman–Crippen LogP) is 1.20. The number of benzene rings is 1. The van der Waals surface area contributed by atoms with Crippen LogP contribution in [0.15, 0.2) is 12.1 Å². The van der Waals surface area contributed by atoms with Crippen LogP contribution < -0.4 is 5.32 Å². The van der Waals surface area contributed by atoms with E-state index in [9.17, 15) is 18.3 Å². The standard InChI is InChI=1S/C11H14F3NO2/c1-17-6-8(16)5-15-4-7-2-9(12)11(14)10(13)3-7/h2-3,8,15-16H,4-6H2,1H3. The average molecular weight is 249 g/mol. The fourth-order valence-corrected chi connectivity index (χ4v) is 1.34. The third-order valence-corrected chi connectivity index (χ3v) is 2.11. The lowest BCUT2D eigenvalue weighted by atomic mass is 10.2. The molecule has 3 nitrogen and oxygen atoms in total. The molecule has 96 valence electrons. The van der Waals surface area contributed by atoms with Crippen LogP contribution in [0.1, 0.15) is 5.56 Å². The fraction of sp³-hybridized carbons (Fsp3) is 0.455. The molecule has 17 heavy (non-hydrogen) atoms. The minimum atomic E-state index is -1.48. The summed E-state index contributed by atoms with van der Waals surface area (Å²) in [6.07, 6.45) is -0.699. The van der Waals surface area contributed by atoms with Crippen molar-refractivity contribution in [3.05, 3.63) is 35.1 Å². The van der Waals surface area contributed by atoms with E-state index in [-0.39, 0.29) is 25.3 Å². The maximum Gasteiger partial charge on any atom is 0.194 e. The normalized spacial score (nSPS) is 12.8. The summed E-state index contributed by atoms with van der Waals surface area (Å²) < 4.78 is 43.0. The van der Waals surface area contributed by atoms with Crippen LogP contribution in [0.5, 0.6) is 0 Å². The van der Waals surface area contributed by atoms with E-state index in [1.807, 2.05) is 0 Å². The Morgan fingerprint density at radius 1 is 1.29 bits per heavy atom. The molecule has 1 atom stereocenters. The SMILES string of the molecule is COCC(O)CNCc1cc(F)c(F)c(F)c1. The first-order valence-corrected chi connectivity index (χ1v) is 5.05. The molecule has 1 unspecified atom stereocenters. The molecular weight excluding hydrogens is 235 g/mol. The lowest BCUT2D eigenvalue weighted by Gasteiger charge is -2.10. The number of methoxy groups -OCH3 is 1. The molecule has 0 amide bonds. The topological polar surface area (TPSA) is 41.5 Å². The van der Waals surface area contributed by atoms with Crippen molar-refractivity contribution in [1.82, 2.24) is 5.32 Å². The number of aliphatic hydroxyl groups excluding tert-OH is 1. The molecule has 1 rings (SSSR count). The summed E-state index contributed by atoms with van der Waals surface area (Å²) in [4.78, 5) is 0. The van der Waals surface area contributed by atoms with Gasteiger partial charge in [0.2, 0.25) is 0 Å². The summed E-state index contributed by atoms with van der Waals surface area (Å²) in [5.41, 5.74) is 0.269. The highest BCUT2D eigenvalue weighted by atomic mass is 19.2. The highest BCUT2D eigenvalue weighted by Crippen LogP contribution is 2.13. The number of rotatable bonds is 6. The third kappa shape index (κ3) is 4.33. The van der Waals surface area contributed by atoms with Crippen molar-refractivity contribution < 1.29 is 23.0 Å². The van der Waals surface area contributed by atoms with Gasteiger partial charge in [0.05, 0.1) is 12.7 Å². The van der Waals surface area contributed by atoms with E-state index in [1.165, 1.54) is 7.11 Å². The van der Waals surface area contributed by atoms with Gasteiger partial charge in [-0.25, -0.2) is 13.2 Å². The maximum absolute atomic E-state index is 12.8. The smallest absolute Gasteiger partial charge is 0.194 e. The molecule has 0 heterocycles. The lowest BCUT2D eigenvalue weighted by Crippen LogP contribution is -2.29. The lowest BCUT2D eigenvalue weighted by molar-refractivity contribution is 0.0644. The molecule has 0 aliphatic rings. The van der Waals surface area contributed by atoms with Gasteiger partial charge in [0, 0.05) is 20.2 Å². The Kier molecular flexibility index (Phi) is 5.40. The average Bonchev–Trinajstić information content (AvgIpc) is 2.26. The Labute approximate surface area is 97.2 Å². The van der Waals surface area contributed by atoms with Crippen LogP contribution in [-0.4, -0.2) is 31.5 Å². The summed E-state index contributed by atoms with van der Waals surface area (Å²) in [5, 5.41) is 12.1. The number of halogens is 3. The van der Waals surface area contributed by atoms with Gasteiger partial charge < -0.3 is 15.2 Å². The summed E-state index contributed by atoms with van der Waals surface area (Å²) in [7, 11) is 1.45. The van der Waals surface area contributed by atoms with Gasteiger partial charge in [-0.05, 0) is 17.7 Å². The second kappa shape index (κ2) is 6.58. The van der Waals surface area contributed by atoms with Crippen molar-refractivity contribution >= 4 is 0 Å². The van der Waals surface area contributed by atoms with Crippen LogP contribution in [0.25, 0.3) is 0 Å². The zero-order chi connectivity index (χ0) is 12.8. The van der Waals surface area contributed by atoms with E-state index in [1.54, 1.807) is 0 Å². The molecule has 0 aromatic heterocycles. The van der Waals surface area contributed by atoms with Crippen LogP contribution in [0.2, 0.25) is 0 Å². The van der Waals surface area contributed by atoms with Gasteiger partial charge in [-0.3, -0.25) is 0 Å². The largest absolute Gasteiger partial charge is 0.389 e. The van der Waals surface area contributed by atoms with Crippen LogP contribution in [-0.2, 0) is 11.3 Å². The number of hydrogen-bond donors (Lipinski definition) is 2. The van der Waals surface area contributed by atoms with E-state index < -0.39 is 23.6 Å². The van der Waals surface area contributed by atoms with Crippen LogP contribution in [0, 0.1) is 17.5 Å². The maximum atomic E-state index is 12.8. The quantitative estimate of drug-likeness (QED) is 0.744. The Hall–Kier alpha value is -1.11. The Morgan fingerprint density at radius 2 is 1.88 bits per heavy atom. The molecule has 6 heteroatoms. The Balaban J connectivity index is 2.47. The van der Waals surface area contributed by atoms with Gasteiger partial charge in [-0.2, -0.15) is 0 Å². The molecule has 0 aliphatic heterocycles. The van der Waals surface area contributed by atoms with Gasteiger partial charge in [0.25, 0.3) is 0 Å². The number of hydrogen-bond acceptors (Lipinski definition) is 3. The molecule has 0 aliphatic carbocycles. The van der Waals surface area contributed by atoms with E-state index in [0.717, 1.165) is 12.1 Å². The molecule has 0 radical (unpaired) electrons. The summed E-state index contributed by atoms with van der Waals surface area (Å²) >= 11 is 0. The van der Waals surface area contributed by atoms with Crippen molar-refractivity contribution in [3.63, 3.8) is 0 Å². The van der Waals surface area contributed by atoms with E-state index in [4.69, 9.17) is 4.74 Å². The third-order valence-electron chi connectivity index (χ3n) is 2.11. The number of nitrogens with one attached hydrogen (secondary N) is 1. The molecule has 2 N–H and O–H groups in total. The molecule has 0 bridgehead atoms. The first kappa shape index (κ1) is 14.0. The fourth-order valence-electron chi connectivity index (χ4n) is 1.34. The van der Waals surface area contributed by atoms with Gasteiger partial charge in [-0.1, -0.05) is 0 Å². The first-order valence-electron chi connectivity index (χ1n) is 5.05. The molecule has 0 saturated carbocycles. The number of ether oxygens (including phenoxy) is 1. The second-order valence-electron chi connectivity index (χ2n) is 3.61. The zero-order valence-electron chi connectivity index (χ0n) is 9.34. The minimum Gasteiger partial charge on any atom is -0.389 e. The van der Waals surface area contributed by atoms with Crippen LogP contribution in [0.4, 0.5) is 13.2 Å². The van der Waals surface area contributed by atoms with E-state index >= 15 is 0 Å². The molecule has 1 aromatic rings. The van der Waals surface area contributed by atoms with E-state index in [0.29, 0.717) is 0 Å². The van der Waals surface area contributed by atoms with Crippen molar-refractivity contribution in [3.8, 4) is 0 Å². The van der Waals surface area contributed by atoms with Crippen molar-refractivity contribution in [1.29, 1.82) is 0 Å². The minimum absolute atomic E-state index is 0.134.